The van der Waals surface area contributed by atoms with E-state index in [2.05, 4.69) is 220 Å². The summed E-state index contributed by atoms with van der Waals surface area (Å²) in [5.41, 5.74) is 0. The fourth-order valence-electron chi connectivity index (χ4n) is 10.8. The first-order chi connectivity index (χ1) is 50.6. The fourth-order valence-corrected chi connectivity index (χ4v) is 10.8. The molecule has 0 aliphatic heterocycles. The molecule has 9 heteroatoms. The zero-order valence-corrected chi connectivity index (χ0v) is 66.4. The van der Waals surface area contributed by atoms with Crippen molar-refractivity contribution in [2.75, 3.05) is 47.5 Å². The second-order valence-electron chi connectivity index (χ2n) is 27.9. The van der Waals surface area contributed by atoms with Crippen molar-refractivity contribution in [1.82, 2.24) is 0 Å². The molecular weight excluding hydrogens is 1270 g/mol. The number of nitrogens with zero attached hydrogens (tertiary/aromatic N) is 1. The van der Waals surface area contributed by atoms with Crippen LogP contribution in [0, 0.1) is 0 Å². The lowest BCUT2D eigenvalue weighted by Gasteiger charge is -2.26. The Labute approximate surface area is 633 Å². The summed E-state index contributed by atoms with van der Waals surface area (Å²) >= 11 is 0. The second-order valence-corrected chi connectivity index (χ2v) is 27.9. The number of quaternary nitrogens is 1. The molecule has 0 aromatic carbocycles. The van der Waals surface area contributed by atoms with Gasteiger partial charge in [0, 0.05) is 12.8 Å². The smallest absolute Gasteiger partial charge is 0.306 e. The highest BCUT2D eigenvalue weighted by Crippen LogP contribution is 2.17. The van der Waals surface area contributed by atoms with Crippen molar-refractivity contribution >= 4 is 17.9 Å². The largest absolute Gasteiger partial charge is 0.545 e. The highest BCUT2D eigenvalue weighted by molar-refractivity contribution is 5.70. The molecule has 103 heavy (non-hydrogen) atoms. The van der Waals surface area contributed by atoms with E-state index in [1.165, 1.54) is 135 Å². The molecule has 0 radical (unpaired) electrons. The summed E-state index contributed by atoms with van der Waals surface area (Å²) in [5.74, 6) is -2.35. The average molecular weight is 1420 g/mol. The molecule has 0 aromatic heterocycles. The Hall–Kier alpha value is -6.13. The van der Waals surface area contributed by atoms with E-state index in [0.717, 1.165) is 141 Å². The Morgan fingerprint density at radius 2 is 0.524 bits per heavy atom. The number of carbonyl (C=O) groups excluding carboxylic acids is 3. The molecule has 0 bridgehead atoms. The lowest BCUT2D eigenvalue weighted by Crippen LogP contribution is -2.44. The molecule has 0 amide bonds. The molecule has 9 nitrogen and oxygen atoms in total. The van der Waals surface area contributed by atoms with Crippen LogP contribution in [0.4, 0.5) is 0 Å². The first-order valence-corrected chi connectivity index (χ1v) is 41.2. The number of allylic oxidation sites excluding steroid dienone is 34. The first-order valence-electron chi connectivity index (χ1n) is 41.2. The van der Waals surface area contributed by atoms with Crippen LogP contribution in [0.25, 0.3) is 0 Å². The van der Waals surface area contributed by atoms with Gasteiger partial charge in [-0.15, -0.1) is 0 Å². The summed E-state index contributed by atoms with van der Waals surface area (Å²) in [7, 11) is 5.91. The van der Waals surface area contributed by atoms with Gasteiger partial charge < -0.3 is 33.3 Å². The third kappa shape index (κ3) is 83.0. The molecule has 2 unspecified atom stereocenters. The number of carboxylic acid groups (broad SMARTS) is 1. The van der Waals surface area contributed by atoms with Gasteiger partial charge in [0.1, 0.15) is 13.2 Å². The molecule has 0 saturated heterocycles. The van der Waals surface area contributed by atoms with Crippen molar-refractivity contribution < 1.29 is 42.9 Å². The number of likely N-dealkylation sites (N-methyl/N-ethyl adjacent to an activating group) is 1. The maximum absolute atomic E-state index is 13.0. The normalized spacial score (nSPS) is 13.8. The summed E-state index contributed by atoms with van der Waals surface area (Å²) < 4.78 is 22.8. The van der Waals surface area contributed by atoms with Crippen LogP contribution in [0.5, 0.6) is 0 Å². The van der Waals surface area contributed by atoms with Gasteiger partial charge in [0.2, 0.25) is 0 Å². The number of carbonyl (C=O) groups is 3. The average Bonchev–Trinajstić information content (AvgIpc) is 0.985. The number of carboxylic acids is 1. The van der Waals surface area contributed by atoms with E-state index in [-0.39, 0.29) is 38.6 Å². The number of rotatable bonds is 74. The predicted octanol–water partition coefficient (Wildman–Crippen LogP) is 25.7. The van der Waals surface area contributed by atoms with Gasteiger partial charge in [-0.1, -0.05) is 355 Å². The lowest BCUT2D eigenvalue weighted by atomic mass is 10.0. The van der Waals surface area contributed by atoms with E-state index in [1.807, 2.05) is 21.1 Å². The third-order valence-corrected chi connectivity index (χ3v) is 17.0. The van der Waals surface area contributed by atoms with Gasteiger partial charge in [-0.05, 0) is 148 Å². The molecular formula is C94H151NO8. The van der Waals surface area contributed by atoms with Gasteiger partial charge in [0.05, 0.1) is 40.3 Å². The maximum atomic E-state index is 13.0. The Morgan fingerprint density at radius 1 is 0.291 bits per heavy atom. The predicted molar refractivity (Wildman–Crippen MR) is 444 cm³/mol. The van der Waals surface area contributed by atoms with Crippen LogP contribution in [-0.4, -0.2) is 82.3 Å². The molecule has 0 aromatic rings. The molecule has 2 atom stereocenters. The Morgan fingerprint density at radius 3 is 0.796 bits per heavy atom. The minimum Gasteiger partial charge on any atom is -0.545 e. The maximum Gasteiger partial charge on any atom is 0.306 e. The van der Waals surface area contributed by atoms with E-state index >= 15 is 0 Å². The molecule has 580 valence electrons. The van der Waals surface area contributed by atoms with Gasteiger partial charge in [-0.25, -0.2) is 0 Å². The Bertz CT molecular complexity index is 2460. The van der Waals surface area contributed by atoms with Gasteiger partial charge in [0.25, 0.3) is 0 Å². The number of unbranched alkanes of at least 4 members (excludes halogenated alkanes) is 25. The summed E-state index contributed by atoms with van der Waals surface area (Å²) in [6.45, 7) is 4.47. The monoisotopic (exact) mass is 1420 g/mol. The highest BCUT2D eigenvalue weighted by Gasteiger charge is 2.22. The van der Waals surface area contributed by atoms with Crippen molar-refractivity contribution in [2.24, 2.45) is 0 Å². The summed E-state index contributed by atoms with van der Waals surface area (Å²) in [5, 5.41) is 11.9. The summed E-state index contributed by atoms with van der Waals surface area (Å²) in [6.07, 6.45) is 124. The van der Waals surface area contributed by atoms with Crippen LogP contribution in [0.3, 0.4) is 0 Å². The van der Waals surface area contributed by atoms with Gasteiger partial charge >= 0.3 is 11.9 Å². The zero-order chi connectivity index (χ0) is 74.6. The molecule has 0 N–H and O–H groups in total. The van der Waals surface area contributed by atoms with Crippen molar-refractivity contribution in [3.05, 3.63) is 207 Å². The van der Waals surface area contributed by atoms with E-state index in [0.29, 0.717) is 17.4 Å². The van der Waals surface area contributed by atoms with Crippen LogP contribution < -0.4 is 5.11 Å². The van der Waals surface area contributed by atoms with Gasteiger partial charge in [-0.3, -0.25) is 9.59 Å². The number of hydrogen-bond acceptors (Lipinski definition) is 8. The third-order valence-electron chi connectivity index (χ3n) is 17.0. The van der Waals surface area contributed by atoms with Crippen LogP contribution in [0.15, 0.2) is 207 Å². The second kappa shape index (κ2) is 81.5. The van der Waals surface area contributed by atoms with Gasteiger partial charge in [0.15, 0.2) is 12.4 Å². The molecule has 0 spiro atoms. The molecule has 0 aliphatic carbocycles. The van der Waals surface area contributed by atoms with Crippen LogP contribution in [0.2, 0.25) is 0 Å². The van der Waals surface area contributed by atoms with Crippen molar-refractivity contribution in [2.45, 2.75) is 322 Å². The quantitative estimate of drug-likeness (QED) is 0.0195. The zero-order valence-electron chi connectivity index (χ0n) is 66.4. The van der Waals surface area contributed by atoms with Crippen LogP contribution in [0.1, 0.15) is 309 Å². The number of ether oxygens (including phenoxy) is 4. The lowest BCUT2D eigenvalue weighted by molar-refractivity contribution is -0.870. The van der Waals surface area contributed by atoms with Crippen LogP contribution in [-0.2, 0) is 33.3 Å². The van der Waals surface area contributed by atoms with E-state index in [1.54, 1.807) is 0 Å². The number of esters is 2. The topological polar surface area (TPSA) is 111 Å². The Kier molecular flexibility index (Phi) is 76.7. The number of aliphatic carboxylic acids is 1. The molecule has 0 fully saturated rings. The number of hydrogen-bond donors (Lipinski definition) is 0. The highest BCUT2D eigenvalue weighted by atomic mass is 16.7. The van der Waals surface area contributed by atoms with E-state index in [9.17, 15) is 19.5 Å². The molecule has 0 heterocycles. The standard InChI is InChI=1S/C94H151NO8/c1-6-8-10-12-14-16-18-20-22-24-26-28-30-32-34-36-38-40-42-44-46-48-50-52-54-56-58-60-62-64-66-68-70-72-74-76-78-80-82-84-91(96)101-88-90(89-102-94(93(98)99)100-87-86-95(3,4)5)103-92(97)85-83-81-79-77-75-73-71-69-67-65-63-61-59-57-55-53-51-49-47-45-43-41-39-37-35-33-31-29-27-25-23-21-19-17-15-13-11-9-7-2/h8-11,14-17,20-23,26-29,32-35,39,41,45,47,51,53,57,59,63,65,69,71,75,77,90,94H,6-7,12-13,18-19,24-25,30-31,36-38,40,42-44,46,48-50,52,54-56,58,60-62,64,66-68,70,72-74,76,78-89H2,1-5H3/b10-8-,11-9-,16-14-,17-15-,22-20-,23-21-,28-26-,29-27-,34-32-,35-33-,41-39-,47-45-,53-51-,59-57-,65-63-,71-69-,77-75-. The van der Waals surface area contributed by atoms with Crippen molar-refractivity contribution in [3.8, 4) is 0 Å². The minimum absolute atomic E-state index is 0.130. The van der Waals surface area contributed by atoms with Gasteiger partial charge in [-0.2, -0.15) is 0 Å². The fraction of sp³-hybridized carbons (Fsp3) is 0.606. The van der Waals surface area contributed by atoms with Crippen molar-refractivity contribution in [1.29, 1.82) is 0 Å². The molecule has 0 rings (SSSR count). The first kappa shape index (κ1) is 96.9. The Balaban J connectivity index is 4.14. The van der Waals surface area contributed by atoms with E-state index < -0.39 is 24.3 Å². The summed E-state index contributed by atoms with van der Waals surface area (Å²) in [4.78, 5) is 37.6. The van der Waals surface area contributed by atoms with Crippen LogP contribution >= 0.6 is 0 Å². The molecule has 0 aliphatic rings. The minimum atomic E-state index is -1.65. The SMILES string of the molecule is CC/C=C\C/C=C\C/C=C\C/C=C\C/C=C\C/C=C\C/C=C\C/C=C\C/C=C\C/C=C\C/C=C\C/C=C\CCCCC(=O)OC(COC(=O)CCCCCCCCCCCCCCCCCCCCCCCCC/C=C\C/C=C\C/C=C\C/C=C\C/C=C\CC)COC(OCC[N+](C)(C)C)C(=O)[O-]. The summed E-state index contributed by atoms with van der Waals surface area (Å²) in [6, 6.07) is 0. The van der Waals surface area contributed by atoms with E-state index in [4.69, 9.17) is 18.9 Å². The van der Waals surface area contributed by atoms with Crippen molar-refractivity contribution in [3.63, 3.8) is 0 Å². The molecule has 0 saturated carbocycles.